The van der Waals surface area contributed by atoms with E-state index in [2.05, 4.69) is 31.4 Å². The summed E-state index contributed by atoms with van der Waals surface area (Å²) >= 11 is 10.8. The van der Waals surface area contributed by atoms with Gasteiger partial charge in [-0.15, -0.1) is 10.2 Å². The van der Waals surface area contributed by atoms with Gasteiger partial charge in [0, 0.05) is 11.5 Å². The number of anilines is 1. The molecule has 3 aromatic rings. The normalized spacial score (nSPS) is 10.7. The summed E-state index contributed by atoms with van der Waals surface area (Å²) in [5.74, 6) is 1.48. The molecule has 0 saturated carbocycles. The molecule has 0 aliphatic rings. The summed E-state index contributed by atoms with van der Waals surface area (Å²) in [5.41, 5.74) is 1.70. The molecule has 0 spiro atoms. The Morgan fingerprint density at radius 2 is 2.11 bits per heavy atom. The molecule has 1 heterocycles. The fourth-order valence-electron chi connectivity index (χ4n) is 2.36. The SMILES string of the molecule is Cc1cccc(OCc2nnc(SCC(=O)Nc3ccc(Br)cc3Cl)n2C)c1. The number of amides is 1. The van der Waals surface area contributed by atoms with Crippen LogP contribution in [0.1, 0.15) is 11.4 Å². The average molecular weight is 482 g/mol. The van der Waals surface area contributed by atoms with Crippen molar-refractivity contribution in [1.82, 2.24) is 14.8 Å². The minimum Gasteiger partial charge on any atom is -0.486 e. The van der Waals surface area contributed by atoms with Crippen molar-refractivity contribution < 1.29 is 9.53 Å². The number of nitrogens with zero attached hydrogens (tertiary/aromatic N) is 3. The number of nitrogens with one attached hydrogen (secondary N) is 1. The molecule has 0 radical (unpaired) electrons. The Morgan fingerprint density at radius 1 is 1.29 bits per heavy atom. The maximum atomic E-state index is 12.2. The third kappa shape index (κ3) is 5.50. The first-order valence-corrected chi connectivity index (χ1v) is 10.5. The molecule has 0 fully saturated rings. The van der Waals surface area contributed by atoms with Crippen molar-refractivity contribution in [3.8, 4) is 5.75 Å². The number of aromatic nitrogens is 3. The summed E-state index contributed by atoms with van der Waals surface area (Å²) in [6.45, 7) is 2.31. The van der Waals surface area contributed by atoms with Crippen LogP contribution < -0.4 is 10.1 Å². The van der Waals surface area contributed by atoms with Gasteiger partial charge >= 0.3 is 0 Å². The van der Waals surface area contributed by atoms with Crippen LogP contribution in [0, 0.1) is 6.92 Å². The largest absolute Gasteiger partial charge is 0.486 e. The van der Waals surface area contributed by atoms with E-state index < -0.39 is 0 Å². The van der Waals surface area contributed by atoms with Gasteiger partial charge in [-0.25, -0.2) is 0 Å². The molecule has 0 unspecified atom stereocenters. The molecule has 0 atom stereocenters. The zero-order valence-corrected chi connectivity index (χ0v) is 18.4. The number of ether oxygens (including phenoxy) is 1. The van der Waals surface area contributed by atoms with Gasteiger partial charge in [0.25, 0.3) is 0 Å². The topological polar surface area (TPSA) is 69.0 Å². The smallest absolute Gasteiger partial charge is 0.234 e. The van der Waals surface area contributed by atoms with Gasteiger partial charge in [-0.05, 0) is 42.8 Å². The van der Waals surface area contributed by atoms with E-state index in [0.717, 1.165) is 15.8 Å². The lowest BCUT2D eigenvalue weighted by molar-refractivity contribution is -0.113. The number of aryl methyl sites for hydroxylation is 1. The zero-order chi connectivity index (χ0) is 20.1. The molecule has 6 nitrogen and oxygen atoms in total. The summed E-state index contributed by atoms with van der Waals surface area (Å²) < 4.78 is 8.44. The molecule has 1 amide bonds. The van der Waals surface area contributed by atoms with E-state index in [4.69, 9.17) is 16.3 Å². The highest BCUT2D eigenvalue weighted by Gasteiger charge is 2.13. The van der Waals surface area contributed by atoms with Crippen LogP contribution >= 0.6 is 39.3 Å². The first-order chi connectivity index (χ1) is 13.4. The maximum absolute atomic E-state index is 12.2. The lowest BCUT2D eigenvalue weighted by Crippen LogP contribution is -2.15. The van der Waals surface area contributed by atoms with Gasteiger partial charge in [0.05, 0.1) is 16.5 Å². The van der Waals surface area contributed by atoms with Gasteiger partial charge in [0.1, 0.15) is 12.4 Å². The van der Waals surface area contributed by atoms with Crippen LogP contribution in [-0.4, -0.2) is 26.4 Å². The first-order valence-electron chi connectivity index (χ1n) is 8.38. The van der Waals surface area contributed by atoms with Crippen LogP contribution in [0.25, 0.3) is 0 Å². The number of hydrogen-bond acceptors (Lipinski definition) is 5. The summed E-state index contributed by atoms with van der Waals surface area (Å²) in [4.78, 5) is 12.2. The third-order valence-electron chi connectivity index (χ3n) is 3.82. The summed E-state index contributed by atoms with van der Waals surface area (Å²) in [5, 5.41) is 12.2. The highest BCUT2D eigenvalue weighted by atomic mass is 79.9. The van der Waals surface area contributed by atoms with Crippen molar-refractivity contribution in [2.24, 2.45) is 7.05 Å². The van der Waals surface area contributed by atoms with E-state index in [1.165, 1.54) is 11.8 Å². The monoisotopic (exact) mass is 480 g/mol. The van der Waals surface area contributed by atoms with E-state index in [-0.39, 0.29) is 11.7 Å². The average Bonchev–Trinajstić information content (AvgIpc) is 3.00. The quantitative estimate of drug-likeness (QED) is 0.489. The van der Waals surface area contributed by atoms with Crippen LogP contribution in [0.5, 0.6) is 5.75 Å². The molecule has 146 valence electrons. The number of thioether (sulfide) groups is 1. The number of carbonyl (C=O) groups excluding carboxylic acids is 1. The molecule has 0 bridgehead atoms. The van der Waals surface area contributed by atoms with Crippen molar-refractivity contribution in [3.05, 3.63) is 63.3 Å². The molecule has 1 N–H and O–H groups in total. The molecule has 28 heavy (non-hydrogen) atoms. The number of rotatable bonds is 7. The molecular weight excluding hydrogens is 464 g/mol. The van der Waals surface area contributed by atoms with E-state index in [0.29, 0.717) is 28.3 Å². The van der Waals surface area contributed by atoms with Crippen molar-refractivity contribution >= 4 is 50.9 Å². The van der Waals surface area contributed by atoms with Gasteiger partial charge in [-0.2, -0.15) is 0 Å². The van der Waals surface area contributed by atoms with Gasteiger partial charge in [0.15, 0.2) is 11.0 Å². The molecule has 0 aliphatic heterocycles. The van der Waals surface area contributed by atoms with Crippen molar-refractivity contribution in [2.75, 3.05) is 11.1 Å². The number of benzene rings is 2. The molecular formula is C19H18BrClN4O2S. The predicted molar refractivity (Wildman–Crippen MR) is 115 cm³/mol. The van der Waals surface area contributed by atoms with Crippen LogP contribution in [-0.2, 0) is 18.4 Å². The van der Waals surface area contributed by atoms with Gasteiger partial charge in [0.2, 0.25) is 5.91 Å². The second-order valence-corrected chi connectivity index (χ2v) is 8.29. The fraction of sp³-hybridized carbons (Fsp3) is 0.211. The lowest BCUT2D eigenvalue weighted by Gasteiger charge is -2.08. The van der Waals surface area contributed by atoms with Gasteiger partial charge in [-0.3, -0.25) is 4.79 Å². The van der Waals surface area contributed by atoms with Gasteiger partial charge < -0.3 is 14.6 Å². The lowest BCUT2D eigenvalue weighted by atomic mass is 10.2. The zero-order valence-electron chi connectivity index (χ0n) is 15.3. The Kier molecular flexibility index (Phi) is 6.98. The molecule has 0 saturated heterocycles. The minimum atomic E-state index is -0.171. The second kappa shape index (κ2) is 9.45. The van der Waals surface area contributed by atoms with E-state index in [1.807, 2.05) is 48.9 Å². The first kappa shape index (κ1) is 20.7. The van der Waals surface area contributed by atoms with Crippen LogP contribution in [0.4, 0.5) is 5.69 Å². The number of halogens is 2. The van der Waals surface area contributed by atoms with Crippen LogP contribution in [0.15, 0.2) is 52.1 Å². The van der Waals surface area contributed by atoms with Crippen molar-refractivity contribution in [2.45, 2.75) is 18.7 Å². The van der Waals surface area contributed by atoms with Crippen LogP contribution in [0.2, 0.25) is 5.02 Å². The Hall–Kier alpha value is -2.03. The molecule has 9 heteroatoms. The third-order valence-corrected chi connectivity index (χ3v) is 5.65. The minimum absolute atomic E-state index is 0.171. The number of hydrogen-bond donors (Lipinski definition) is 1. The number of carbonyl (C=O) groups is 1. The highest BCUT2D eigenvalue weighted by Crippen LogP contribution is 2.26. The van der Waals surface area contributed by atoms with Crippen LogP contribution in [0.3, 0.4) is 0 Å². The van der Waals surface area contributed by atoms with E-state index >= 15 is 0 Å². The Bertz CT molecular complexity index is 996. The van der Waals surface area contributed by atoms with E-state index in [9.17, 15) is 4.79 Å². The molecule has 1 aromatic heterocycles. The Balaban J connectivity index is 1.54. The predicted octanol–water partition coefficient (Wildman–Crippen LogP) is 4.85. The van der Waals surface area contributed by atoms with Crippen molar-refractivity contribution in [1.29, 1.82) is 0 Å². The second-order valence-electron chi connectivity index (χ2n) is 6.02. The maximum Gasteiger partial charge on any atom is 0.234 e. The summed E-state index contributed by atoms with van der Waals surface area (Å²) in [7, 11) is 1.85. The van der Waals surface area contributed by atoms with Gasteiger partial charge in [-0.1, -0.05) is 51.4 Å². The summed E-state index contributed by atoms with van der Waals surface area (Å²) in [6, 6.07) is 13.1. The van der Waals surface area contributed by atoms with Crippen molar-refractivity contribution in [3.63, 3.8) is 0 Å². The standard InChI is InChI=1S/C19H18BrClN4O2S/c1-12-4-3-5-14(8-12)27-10-17-23-24-19(25(17)2)28-11-18(26)22-16-7-6-13(20)9-15(16)21/h3-9H,10-11H2,1-2H3,(H,22,26). The molecule has 3 rings (SSSR count). The molecule has 0 aliphatic carbocycles. The Morgan fingerprint density at radius 3 is 2.86 bits per heavy atom. The van der Waals surface area contributed by atoms with E-state index in [1.54, 1.807) is 12.1 Å². The Labute approximate surface area is 180 Å². The molecule has 2 aromatic carbocycles. The highest BCUT2D eigenvalue weighted by molar-refractivity contribution is 9.10. The fourth-order valence-corrected chi connectivity index (χ4v) is 3.81. The summed E-state index contributed by atoms with van der Waals surface area (Å²) in [6.07, 6.45) is 0.